The first-order chi connectivity index (χ1) is 11.8. The monoisotopic (exact) mass is 341 g/mol. The molecule has 1 amide bonds. The van der Waals surface area contributed by atoms with Crippen LogP contribution in [0.4, 0.5) is 5.69 Å². The maximum Gasteiger partial charge on any atom is 0.231 e. The van der Waals surface area contributed by atoms with Crippen molar-refractivity contribution in [2.24, 2.45) is 5.92 Å². The van der Waals surface area contributed by atoms with E-state index in [1.165, 1.54) is 13.2 Å². The molecule has 0 unspecified atom stereocenters. The number of carbonyl (C=O) groups excluding carboxylic acids is 2. The molecule has 0 spiro atoms. The summed E-state index contributed by atoms with van der Waals surface area (Å²) in [5.74, 6) is -0.240. The van der Waals surface area contributed by atoms with E-state index in [0.29, 0.717) is 17.0 Å². The largest absolute Gasteiger partial charge is 0.504 e. The summed E-state index contributed by atoms with van der Waals surface area (Å²) in [5.41, 5.74) is 2.01. The van der Waals surface area contributed by atoms with Gasteiger partial charge in [-0.05, 0) is 24.6 Å². The lowest BCUT2D eigenvalue weighted by molar-refractivity contribution is -0.117. The van der Waals surface area contributed by atoms with E-state index in [0.717, 1.165) is 5.56 Å². The Morgan fingerprint density at radius 2 is 1.68 bits per heavy atom. The number of carbonyl (C=O) groups is 2. The fourth-order valence-corrected chi connectivity index (χ4v) is 2.43. The van der Waals surface area contributed by atoms with Crippen molar-refractivity contribution < 1.29 is 19.4 Å². The Morgan fingerprint density at radius 3 is 2.24 bits per heavy atom. The summed E-state index contributed by atoms with van der Waals surface area (Å²) in [6.45, 7) is 5.52. The van der Waals surface area contributed by atoms with E-state index in [1.54, 1.807) is 43.3 Å². The van der Waals surface area contributed by atoms with E-state index in [2.05, 4.69) is 5.32 Å². The first-order valence-electron chi connectivity index (χ1n) is 8.15. The minimum Gasteiger partial charge on any atom is -0.504 e. The van der Waals surface area contributed by atoms with E-state index in [-0.39, 0.29) is 29.3 Å². The third-order valence-electron chi connectivity index (χ3n) is 4.06. The molecule has 1 atom stereocenters. The molecule has 0 fully saturated rings. The molecule has 0 heterocycles. The Kier molecular flexibility index (Phi) is 5.80. The van der Waals surface area contributed by atoms with Crippen LogP contribution in [0, 0.1) is 5.92 Å². The Labute approximate surface area is 147 Å². The molecule has 5 heteroatoms. The van der Waals surface area contributed by atoms with Gasteiger partial charge in [0.1, 0.15) is 0 Å². The molecule has 25 heavy (non-hydrogen) atoms. The molecule has 0 radical (unpaired) electrons. The van der Waals surface area contributed by atoms with Gasteiger partial charge in [0.2, 0.25) is 5.91 Å². The van der Waals surface area contributed by atoms with Crippen molar-refractivity contribution >= 4 is 17.4 Å². The van der Waals surface area contributed by atoms with Crippen LogP contribution in [0.3, 0.4) is 0 Å². The molecule has 2 rings (SSSR count). The zero-order chi connectivity index (χ0) is 18.6. The number of rotatable bonds is 6. The van der Waals surface area contributed by atoms with Gasteiger partial charge in [-0.2, -0.15) is 0 Å². The van der Waals surface area contributed by atoms with Crippen LogP contribution in [0.5, 0.6) is 11.5 Å². The van der Waals surface area contributed by atoms with Crippen molar-refractivity contribution in [2.75, 3.05) is 12.4 Å². The van der Waals surface area contributed by atoms with Gasteiger partial charge in [0.05, 0.1) is 13.0 Å². The van der Waals surface area contributed by atoms with E-state index < -0.39 is 0 Å². The molecular weight excluding hydrogens is 318 g/mol. The molecule has 0 aromatic heterocycles. The number of ketones is 1. The minimum atomic E-state index is -0.386. The average molecular weight is 341 g/mol. The van der Waals surface area contributed by atoms with Gasteiger partial charge in [-0.15, -0.1) is 0 Å². The molecule has 2 aromatic carbocycles. The smallest absolute Gasteiger partial charge is 0.231 e. The Hall–Kier alpha value is -2.82. The van der Waals surface area contributed by atoms with Crippen LogP contribution < -0.4 is 10.1 Å². The van der Waals surface area contributed by atoms with Crippen LogP contribution in [0.15, 0.2) is 42.5 Å². The number of ether oxygens (including phenoxy) is 1. The van der Waals surface area contributed by atoms with Crippen molar-refractivity contribution in [1.29, 1.82) is 0 Å². The zero-order valence-electron chi connectivity index (χ0n) is 14.9. The summed E-state index contributed by atoms with van der Waals surface area (Å²) in [6.07, 6.45) is 0. The topological polar surface area (TPSA) is 75.6 Å². The highest BCUT2D eigenvalue weighted by Gasteiger charge is 2.17. The van der Waals surface area contributed by atoms with Gasteiger partial charge < -0.3 is 15.2 Å². The van der Waals surface area contributed by atoms with Crippen molar-refractivity contribution in [2.45, 2.75) is 26.7 Å². The highest BCUT2D eigenvalue weighted by molar-refractivity contribution is 5.98. The Bertz CT molecular complexity index is 766. The van der Waals surface area contributed by atoms with Gasteiger partial charge in [-0.25, -0.2) is 0 Å². The summed E-state index contributed by atoms with van der Waals surface area (Å²) in [4.78, 5) is 24.4. The van der Waals surface area contributed by atoms with E-state index in [9.17, 15) is 14.7 Å². The average Bonchev–Trinajstić information content (AvgIpc) is 2.62. The van der Waals surface area contributed by atoms with Crippen LogP contribution in [0.25, 0.3) is 0 Å². The molecule has 0 saturated carbocycles. The summed E-state index contributed by atoms with van der Waals surface area (Å²) < 4.78 is 5.03. The Balaban J connectivity index is 2.10. The predicted molar refractivity (Wildman–Crippen MR) is 97.3 cm³/mol. The molecule has 0 bridgehead atoms. The van der Waals surface area contributed by atoms with E-state index >= 15 is 0 Å². The molecule has 5 nitrogen and oxygen atoms in total. The van der Waals surface area contributed by atoms with Crippen LogP contribution in [0.1, 0.15) is 42.6 Å². The van der Waals surface area contributed by atoms with E-state index in [4.69, 9.17) is 4.74 Å². The third kappa shape index (κ3) is 4.38. The van der Waals surface area contributed by atoms with Gasteiger partial charge in [-0.1, -0.05) is 38.1 Å². The minimum absolute atomic E-state index is 0.0129. The molecule has 0 aliphatic heterocycles. The first-order valence-corrected chi connectivity index (χ1v) is 8.15. The standard InChI is InChI=1S/C20H23NO4/c1-12(2)19(23)15-7-5-14(6-8-15)13(3)20(24)21-16-9-10-17(22)18(11-16)25-4/h5-13,22H,1-4H3,(H,21,24)/t13-/m1/s1. The molecule has 132 valence electrons. The number of Topliss-reactive ketones (excluding diaryl/α,β-unsaturated/α-hetero) is 1. The normalized spacial score (nSPS) is 11.9. The molecule has 0 aliphatic carbocycles. The van der Waals surface area contributed by atoms with Gasteiger partial charge in [0.25, 0.3) is 0 Å². The maximum atomic E-state index is 12.4. The third-order valence-corrected chi connectivity index (χ3v) is 4.06. The number of benzene rings is 2. The number of aromatic hydroxyl groups is 1. The van der Waals surface area contributed by atoms with Gasteiger partial charge in [0, 0.05) is 23.2 Å². The van der Waals surface area contributed by atoms with Crippen LogP contribution in [-0.2, 0) is 4.79 Å². The fraction of sp³-hybridized carbons (Fsp3) is 0.300. The lowest BCUT2D eigenvalue weighted by atomic mass is 9.95. The fourth-order valence-electron chi connectivity index (χ4n) is 2.43. The van der Waals surface area contributed by atoms with Crippen molar-refractivity contribution in [3.8, 4) is 11.5 Å². The molecule has 0 aliphatic rings. The number of phenols is 1. The SMILES string of the molecule is COc1cc(NC(=O)[C@H](C)c2ccc(C(=O)C(C)C)cc2)ccc1O. The summed E-state index contributed by atoms with van der Waals surface area (Å²) in [7, 11) is 1.45. The van der Waals surface area contributed by atoms with E-state index in [1.807, 2.05) is 13.8 Å². The zero-order valence-corrected chi connectivity index (χ0v) is 14.9. The summed E-state index contributed by atoms with van der Waals surface area (Å²) in [6, 6.07) is 11.7. The maximum absolute atomic E-state index is 12.4. The number of hydrogen-bond donors (Lipinski definition) is 2. The Morgan fingerprint density at radius 1 is 1.04 bits per heavy atom. The van der Waals surface area contributed by atoms with Crippen LogP contribution in [-0.4, -0.2) is 23.9 Å². The lowest BCUT2D eigenvalue weighted by Gasteiger charge is -2.14. The quantitative estimate of drug-likeness (QED) is 0.615. The second-order valence-electron chi connectivity index (χ2n) is 6.24. The summed E-state index contributed by atoms with van der Waals surface area (Å²) >= 11 is 0. The number of amides is 1. The molecular formula is C20H23NO4. The second-order valence-corrected chi connectivity index (χ2v) is 6.24. The number of methoxy groups -OCH3 is 1. The molecule has 2 N–H and O–H groups in total. The number of phenolic OH excluding ortho intramolecular Hbond substituents is 1. The second kappa shape index (κ2) is 7.83. The molecule has 2 aromatic rings. The first kappa shape index (κ1) is 18.5. The highest BCUT2D eigenvalue weighted by atomic mass is 16.5. The number of nitrogens with one attached hydrogen (secondary N) is 1. The number of hydrogen-bond acceptors (Lipinski definition) is 4. The van der Waals surface area contributed by atoms with Gasteiger partial charge in [-0.3, -0.25) is 9.59 Å². The van der Waals surface area contributed by atoms with Crippen LogP contribution in [0.2, 0.25) is 0 Å². The van der Waals surface area contributed by atoms with Crippen molar-refractivity contribution in [3.05, 3.63) is 53.6 Å². The van der Waals surface area contributed by atoms with Crippen molar-refractivity contribution in [3.63, 3.8) is 0 Å². The van der Waals surface area contributed by atoms with Gasteiger partial charge in [0.15, 0.2) is 17.3 Å². The summed E-state index contributed by atoms with van der Waals surface area (Å²) in [5, 5.41) is 12.4. The highest BCUT2D eigenvalue weighted by Crippen LogP contribution is 2.29. The number of anilines is 1. The van der Waals surface area contributed by atoms with Crippen LogP contribution >= 0.6 is 0 Å². The lowest BCUT2D eigenvalue weighted by Crippen LogP contribution is -2.19. The van der Waals surface area contributed by atoms with Crippen molar-refractivity contribution in [1.82, 2.24) is 0 Å². The molecule has 0 saturated heterocycles. The van der Waals surface area contributed by atoms with Gasteiger partial charge >= 0.3 is 0 Å². The predicted octanol–water partition coefficient (Wildman–Crippen LogP) is 3.98.